The third-order valence-electron chi connectivity index (χ3n) is 4.79. The Morgan fingerprint density at radius 2 is 1.81 bits per heavy atom. The summed E-state index contributed by atoms with van der Waals surface area (Å²) < 4.78 is 42.3. The smallest absolute Gasteiger partial charge is 0.195 e. The summed E-state index contributed by atoms with van der Waals surface area (Å²) in [5, 5.41) is 0. The topological polar surface area (TPSA) is 34.1 Å². The Hall–Kier alpha value is -2.61. The van der Waals surface area contributed by atoms with E-state index in [2.05, 4.69) is 24.6 Å². The third-order valence-corrected chi connectivity index (χ3v) is 4.79. The molecule has 1 saturated carbocycles. The SMILES string of the molecule is C=C=C(C)c1c(C)c(F)c(F)c(F)c1C(=O)CC1CCC(=O)CC1=C=C. The van der Waals surface area contributed by atoms with Gasteiger partial charge in [-0.1, -0.05) is 13.2 Å². The highest BCUT2D eigenvalue weighted by atomic mass is 19.2. The largest absolute Gasteiger partial charge is 0.299 e. The number of carbonyl (C=O) groups is 2. The van der Waals surface area contributed by atoms with Crippen molar-refractivity contribution >= 4 is 17.1 Å². The molecule has 1 aliphatic rings. The van der Waals surface area contributed by atoms with Crippen LogP contribution in [0.1, 0.15) is 54.1 Å². The summed E-state index contributed by atoms with van der Waals surface area (Å²) in [5.41, 5.74) is 5.32. The van der Waals surface area contributed by atoms with Gasteiger partial charge in [0.1, 0.15) is 5.78 Å². The van der Waals surface area contributed by atoms with Crippen molar-refractivity contribution in [3.63, 3.8) is 0 Å². The van der Waals surface area contributed by atoms with Crippen LogP contribution < -0.4 is 0 Å². The lowest BCUT2D eigenvalue weighted by Crippen LogP contribution is -2.21. The number of rotatable bonds is 4. The van der Waals surface area contributed by atoms with Crippen LogP contribution in [0.4, 0.5) is 13.2 Å². The van der Waals surface area contributed by atoms with E-state index in [0.717, 1.165) is 0 Å². The molecular formula is C21H19F3O2. The lowest BCUT2D eigenvalue weighted by molar-refractivity contribution is -0.119. The molecule has 1 aliphatic carbocycles. The predicted molar refractivity (Wildman–Crippen MR) is 93.2 cm³/mol. The second-order valence-corrected chi connectivity index (χ2v) is 6.40. The van der Waals surface area contributed by atoms with Crippen LogP contribution >= 0.6 is 0 Å². The molecule has 1 fully saturated rings. The van der Waals surface area contributed by atoms with Gasteiger partial charge in [0.05, 0.1) is 5.56 Å². The average molecular weight is 360 g/mol. The van der Waals surface area contributed by atoms with E-state index >= 15 is 0 Å². The monoisotopic (exact) mass is 360 g/mol. The van der Waals surface area contributed by atoms with E-state index in [-0.39, 0.29) is 41.2 Å². The van der Waals surface area contributed by atoms with Crippen molar-refractivity contribution in [2.45, 2.75) is 39.5 Å². The zero-order chi connectivity index (χ0) is 19.6. The van der Waals surface area contributed by atoms with Gasteiger partial charge in [-0.2, -0.15) is 0 Å². The summed E-state index contributed by atoms with van der Waals surface area (Å²) in [6.45, 7) is 9.75. The van der Waals surface area contributed by atoms with Crippen molar-refractivity contribution in [2.75, 3.05) is 0 Å². The maximum Gasteiger partial charge on any atom is 0.195 e. The van der Waals surface area contributed by atoms with Gasteiger partial charge in [-0.25, -0.2) is 13.2 Å². The molecule has 1 aromatic rings. The molecule has 0 aromatic heterocycles. The fourth-order valence-electron chi connectivity index (χ4n) is 3.31. The molecule has 1 unspecified atom stereocenters. The molecule has 0 bridgehead atoms. The highest BCUT2D eigenvalue weighted by molar-refractivity contribution is 6.02. The third kappa shape index (κ3) is 3.50. The van der Waals surface area contributed by atoms with Gasteiger partial charge in [-0.05, 0) is 42.9 Å². The number of ketones is 2. The maximum atomic E-state index is 14.5. The van der Waals surface area contributed by atoms with E-state index in [9.17, 15) is 22.8 Å². The van der Waals surface area contributed by atoms with E-state index in [1.807, 2.05) is 0 Å². The summed E-state index contributed by atoms with van der Waals surface area (Å²) in [5.74, 6) is -5.49. The molecule has 2 nitrogen and oxygen atoms in total. The number of hydrogen-bond acceptors (Lipinski definition) is 2. The molecule has 1 atom stereocenters. The van der Waals surface area contributed by atoms with E-state index in [1.54, 1.807) is 0 Å². The normalized spacial score (nSPS) is 16.9. The molecule has 0 radical (unpaired) electrons. The molecular weight excluding hydrogens is 341 g/mol. The van der Waals surface area contributed by atoms with E-state index < -0.39 is 28.8 Å². The number of allylic oxidation sites excluding steroid dienone is 2. The van der Waals surface area contributed by atoms with Gasteiger partial charge in [0.2, 0.25) is 0 Å². The van der Waals surface area contributed by atoms with Crippen molar-refractivity contribution in [2.24, 2.45) is 5.92 Å². The second kappa shape index (κ2) is 7.74. The van der Waals surface area contributed by atoms with Crippen molar-refractivity contribution in [3.05, 3.63) is 64.3 Å². The van der Waals surface area contributed by atoms with Crippen molar-refractivity contribution in [1.29, 1.82) is 0 Å². The molecule has 5 heteroatoms. The minimum absolute atomic E-state index is 0.0285. The number of halogens is 3. The minimum atomic E-state index is -1.68. The van der Waals surface area contributed by atoms with Gasteiger partial charge in [0.15, 0.2) is 23.2 Å². The van der Waals surface area contributed by atoms with Crippen LogP contribution in [0.2, 0.25) is 0 Å². The van der Waals surface area contributed by atoms with Gasteiger partial charge in [0, 0.05) is 24.8 Å². The number of Topliss-reactive ketones (excluding diaryl/α,β-unsaturated/α-hetero) is 2. The second-order valence-electron chi connectivity index (χ2n) is 6.40. The van der Waals surface area contributed by atoms with Gasteiger partial charge >= 0.3 is 0 Å². The molecule has 0 saturated heterocycles. The Balaban J connectivity index is 2.54. The fraction of sp³-hybridized carbons (Fsp3) is 0.333. The Labute approximate surface area is 150 Å². The molecule has 2 rings (SSSR count). The molecule has 1 aromatic carbocycles. The van der Waals surface area contributed by atoms with E-state index in [0.29, 0.717) is 18.4 Å². The van der Waals surface area contributed by atoms with Crippen LogP contribution in [0, 0.1) is 30.3 Å². The predicted octanol–water partition coefficient (Wildman–Crippen LogP) is 5.25. The Morgan fingerprint density at radius 3 is 2.38 bits per heavy atom. The summed E-state index contributed by atoms with van der Waals surface area (Å²) in [6.07, 6.45) is 0.738. The maximum absolute atomic E-state index is 14.5. The zero-order valence-corrected chi connectivity index (χ0v) is 14.8. The van der Waals surface area contributed by atoms with E-state index in [4.69, 9.17) is 0 Å². The number of hydrogen-bond donors (Lipinski definition) is 0. The number of benzene rings is 1. The highest BCUT2D eigenvalue weighted by Gasteiger charge is 2.31. The van der Waals surface area contributed by atoms with Gasteiger partial charge in [0.25, 0.3) is 0 Å². The molecule has 0 spiro atoms. The molecule has 136 valence electrons. The van der Waals surface area contributed by atoms with Crippen LogP contribution in [0.3, 0.4) is 0 Å². The molecule has 26 heavy (non-hydrogen) atoms. The minimum Gasteiger partial charge on any atom is -0.299 e. The quantitative estimate of drug-likeness (QED) is 0.417. The first-order chi connectivity index (χ1) is 12.2. The molecule has 0 N–H and O–H groups in total. The lowest BCUT2D eigenvalue weighted by Gasteiger charge is -2.23. The first-order valence-corrected chi connectivity index (χ1v) is 8.20. The first kappa shape index (κ1) is 19.7. The molecule has 0 amide bonds. The van der Waals surface area contributed by atoms with Crippen LogP contribution in [0.25, 0.3) is 5.57 Å². The van der Waals surface area contributed by atoms with Gasteiger partial charge < -0.3 is 0 Å². The molecule has 0 heterocycles. The Morgan fingerprint density at radius 1 is 1.15 bits per heavy atom. The zero-order valence-electron chi connectivity index (χ0n) is 14.8. The van der Waals surface area contributed by atoms with Crippen molar-refractivity contribution < 1.29 is 22.8 Å². The standard InChI is InChI=1S/C21H19F3O2/c1-5-11(3)17-12(4)19(22)21(24)20(23)18(17)16(26)10-14-7-8-15(25)9-13(14)6-2/h14H,1-2,7-10H2,3-4H3. The summed E-state index contributed by atoms with van der Waals surface area (Å²) in [4.78, 5) is 24.4. The van der Waals surface area contributed by atoms with Gasteiger partial charge in [-0.3, -0.25) is 9.59 Å². The fourth-order valence-corrected chi connectivity index (χ4v) is 3.31. The van der Waals surface area contributed by atoms with Crippen LogP contribution in [0.15, 0.2) is 30.2 Å². The van der Waals surface area contributed by atoms with Gasteiger partial charge in [-0.15, -0.1) is 11.5 Å². The average Bonchev–Trinajstić information content (AvgIpc) is 2.63. The van der Waals surface area contributed by atoms with Crippen molar-refractivity contribution in [3.8, 4) is 0 Å². The summed E-state index contributed by atoms with van der Waals surface area (Å²) in [6, 6.07) is 0. The first-order valence-electron chi connectivity index (χ1n) is 8.20. The van der Waals surface area contributed by atoms with Crippen LogP contribution in [0.5, 0.6) is 0 Å². The highest BCUT2D eigenvalue weighted by Crippen LogP contribution is 2.34. The Kier molecular flexibility index (Phi) is 5.86. The lowest BCUT2D eigenvalue weighted by atomic mass is 9.79. The number of carbonyl (C=O) groups excluding carboxylic acids is 2. The summed E-state index contributed by atoms with van der Waals surface area (Å²) >= 11 is 0. The molecule has 0 aliphatic heterocycles. The van der Waals surface area contributed by atoms with Crippen LogP contribution in [-0.2, 0) is 4.79 Å². The van der Waals surface area contributed by atoms with Crippen LogP contribution in [-0.4, -0.2) is 11.6 Å². The Bertz CT molecular complexity index is 899. The summed E-state index contributed by atoms with van der Waals surface area (Å²) in [7, 11) is 0. The van der Waals surface area contributed by atoms with Crippen molar-refractivity contribution in [1.82, 2.24) is 0 Å². The van der Waals surface area contributed by atoms with E-state index in [1.165, 1.54) is 13.8 Å².